The first-order valence-electron chi connectivity index (χ1n) is 6.81. The fourth-order valence-electron chi connectivity index (χ4n) is 2.38. The first-order valence-corrected chi connectivity index (χ1v) is 7.56. The molecule has 0 aliphatic carbocycles. The van der Waals surface area contributed by atoms with Gasteiger partial charge in [0, 0.05) is 0 Å². The summed E-state index contributed by atoms with van der Waals surface area (Å²) < 4.78 is 10.4. The molecule has 1 aromatic carbocycles. The summed E-state index contributed by atoms with van der Waals surface area (Å²) >= 11 is 12.0. The second-order valence-corrected chi connectivity index (χ2v) is 5.60. The molecule has 1 aliphatic heterocycles. The van der Waals surface area contributed by atoms with Gasteiger partial charge in [0.25, 0.3) is 0 Å². The smallest absolute Gasteiger partial charge is 0.338 e. The van der Waals surface area contributed by atoms with Gasteiger partial charge >= 0.3 is 5.97 Å². The van der Waals surface area contributed by atoms with E-state index in [-0.39, 0.29) is 29.4 Å². The zero-order chi connectivity index (χ0) is 17.1. The molecule has 1 aliphatic rings. The van der Waals surface area contributed by atoms with Crippen LogP contribution in [0.3, 0.4) is 0 Å². The predicted octanol–water partition coefficient (Wildman–Crippen LogP) is 3.64. The fraction of sp³-hybridized carbons (Fsp3) is 0.250. The summed E-state index contributed by atoms with van der Waals surface area (Å²) in [6.07, 6.45) is 0. The van der Waals surface area contributed by atoms with Crippen LogP contribution in [0.25, 0.3) is 0 Å². The molecule has 23 heavy (non-hydrogen) atoms. The number of halogens is 2. The van der Waals surface area contributed by atoms with Crippen LogP contribution in [0.15, 0.2) is 41.0 Å². The summed E-state index contributed by atoms with van der Waals surface area (Å²) in [5, 5.41) is 10.1. The number of ether oxygens (including phenoxy) is 2. The van der Waals surface area contributed by atoms with Crippen molar-refractivity contribution in [2.24, 2.45) is 5.73 Å². The average Bonchev–Trinajstić information content (AvgIpc) is 2.49. The van der Waals surface area contributed by atoms with Crippen molar-refractivity contribution in [1.82, 2.24) is 0 Å². The first-order chi connectivity index (χ1) is 10.9. The lowest BCUT2D eigenvalue weighted by Gasteiger charge is -2.27. The van der Waals surface area contributed by atoms with E-state index in [9.17, 15) is 10.1 Å². The minimum atomic E-state index is -0.720. The van der Waals surface area contributed by atoms with Crippen LogP contribution >= 0.6 is 23.2 Å². The second-order valence-electron chi connectivity index (χ2n) is 4.79. The quantitative estimate of drug-likeness (QED) is 0.839. The van der Waals surface area contributed by atoms with Crippen LogP contribution in [0.5, 0.6) is 0 Å². The van der Waals surface area contributed by atoms with Gasteiger partial charge in [-0.2, -0.15) is 5.26 Å². The van der Waals surface area contributed by atoms with Crippen molar-refractivity contribution in [2.45, 2.75) is 19.8 Å². The number of hydrogen-bond donors (Lipinski definition) is 1. The number of benzene rings is 1. The molecule has 0 spiro atoms. The highest BCUT2D eigenvalue weighted by Crippen LogP contribution is 2.41. The molecule has 1 aromatic rings. The maximum absolute atomic E-state index is 12.3. The molecule has 0 bridgehead atoms. The summed E-state index contributed by atoms with van der Waals surface area (Å²) in [7, 11) is 0. The normalized spacial score (nSPS) is 17.6. The lowest BCUT2D eigenvalue weighted by atomic mass is 9.83. The Balaban J connectivity index is 2.64. The second kappa shape index (κ2) is 6.95. The van der Waals surface area contributed by atoms with Crippen molar-refractivity contribution in [3.8, 4) is 6.07 Å². The van der Waals surface area contributed by atoms with Crippen molar-refractivity contribution in [3.05, 3.63) is 56.6 Å². The molecule has 7 heteroatoms. The van der Waals surface area contributed by atoms with Gasteiger partial charge < -0.3 is 15.2 Å². The SMILES string of the molecule is CCOC(=O)C1=C(C)OC(N)=C(C#N)[C@H]1c1ccc(Cl)c(Cl)c1. The standard InChI is InChI=1S/C16H14Cl2N2O3/c1-3-22-16(21)13-8(2)23-15(20)10(7-19)14(13)9-4-5-11(17)12(18)6-9/h4-6,14H,3,20H2,1-2H3/t14-/m1/s1. The van der Waals surface area contributed by atoms with E-state index in [4.69, 9.17) is 38.4 Å². The van der Waals surface area contributed by atoms with Crippen LogP contribution in [0.4, 0.5) is 0 Å². The Bertz CT molecular complexity index is 763. The molecule has 1 atom stereocenters. The molecule has 0 aromatic heterocycles. The number of rotatable bonds is 3. The molecular weight excluding hydrogens is 339 g/mol. The fourth-order valence-corrected chi connectivity index (χ4v) is 2.69. The molecule has 0 radical (unpaired) electrons. The van der Waals surface area contributed by atoms with Crippen LogP contribution < -0.4 is 5.73 Å². The molecule has 120 valence electrons. The molecule has 2 rings (SSSR count). The largest absolute Gasteiger partial charge is 0.463 e. The third-order valence-electron chi connectivity index (χ3n) is 3.38. The topological polar surface area (TPSA) is 85.3 Å². The molecule has 5 nitrogen and oxygen atoms in total. The first kappa shape index (κ1) is 17.2. The number of nitrogens with zero attached hydrogens (tertiary/aromatic N) is 1. The zero-order valence-electron chi connectivity index (χ0n) is 12.5. The van der Waals surface area contributed by atoms with E-state index in [1.165, 1.54) is 0 Å². The van der Waals surface area contributed by atoms with Gasteiger partial charge in [-0.15, -0.1) is 0 Å². The van der Waals surface area contributed by atoms with Gasteiger partial charge in [0.15, 0.2) is 0 Å². The number of hydrogen-bond acceptors (Lipinski definition) is 5. The van der Waals surface area contributed by atoms with Gasteiger partial charge in [-0.3, -0.25) is 0 Å². The van der Waals surface area contributed by atoms with Gasteiger partial charge in [-0.05, 0) is 31.5 Å². The molecular formula is C16H14Cl2N2O3. The van der Waals surface area contributed by atoms with Gasteiger partial charge in [0.2, 0.25) is 5.88 Å². The average molecular weight is 353 g/mol. The number of carbonyl (C=O) groups excluding carboxylic acids is 1. The van der Waals surface area contributed by atoms with E-state index < -0.39 is 11.9 Å². The Morgan fingerprint density at radius 2 is 2.13 bits per heavy atom. The minimum Gasteiger partial charge on any atom is -0.463 e. The number of nitriles is 1. The third-order valence-corrected chi connectivity index (χ3v) is 4.12. The molecule has 0 saturated heterocycles. The highest BCUT2D eigenvalue weighted by atomic mass is 35.5. The summed E-state index contributed by atoms with van der Waals surface area (Å²) in [6, 6.07) is 6.87. The number of allylic oxidation sites excluding steroid dienone is 2. The number of carbonyl (C=O) groups is 1. The molecule has 2 N–H and O–H groups in total. The summed E-state index contributed by atoms with van der Waals surface area (Å²) in [5.41, 5.74) is 6.74. The van der Waals surface area contributed by atoms with Gasteiger partial charge in [-0.25, -0.2) is 4.79 Å². The van der Waals surface area contributed by atoms with Gasteiger partial charge in [0.1, 0.15) is 17.4 Å². The Labute approximate surface area is 143 Å². The molecule has 0 fully saturated rings. The van der Waals surface area contributed by atoms with E-state index >= 15 is 0 Å². The van der Waals surface area contributed by atoms with Crippen molar-refractivity contribution in [1.29, 1.82) is 5.26 Å². The lowest BCUT2D eigenvalue weighted by Crippen LogP contribution is -2.25. The molecule has 0 saturated carbocycles. The van der Waals surface area contributed by atoms with Crippen molar-refractivity contribution < 1.29 is 14.3 Å². The van der Waals surface area contributed by atoms with Crippen LogP contribution in [-0.2, 0) is 14.3 Å². The summed E-state index contributed by atoms with van der Waals surface area (Å²) in [6.45, 7) is 3.49. The predicted molar refractivity (Wildman–Crippen MR) is 86.4 cm³/mol. The third kappa shape index (κ3) is 3.29. The van der Waals surface area contributed by atoms with Crippen molar-refractivity contribution in [2.75, 3.05) is 6.61 Å². The van der Waals surface area contributed by atoms with E-state index in [0.717, 1.165) is 0 Å². The number of nitrogens with two attached hydrogens (primary N) is 1. The highest BCUT2D eigenvalue weighted by molar-refractivity contribution is 6.42. The monoisotopic (exact) mass is 352 g/mol. The summed E-state index contributed by atoms with van der Waals surface area (Å²) in [5.74, 6) is -1.05. The Hall–Kier alpha value is -2.16. The van der Waals surface area contributed by atoms with Crippen LogP contribution in [-0.4, -0.2) is 12.6 Å². The van der Waals surface area contributed by atoms with Crippen molar-refractivity contribution >= 4 is 29.2 Å². The highest BCUT2D eigenvalue weighted by Gasteiger charge is 2.36. The molecule has 0 unspecified atom stereocenters. The van der Waals surface area contributed by atoms with Crippen LogP contribution in [0, 0.1) is 11.3 Å². The van der Waals surface area contributed by atoms with Crippen molar-refractivity contribution in [3.63, 3.8) is 0 Å². The van der Waals surface area contributed by atoms with E-state index in [2.05, 4.69) is 0 Å². The zero-order valence-corrected chi connectivity index (χ0v) is 14.0. The van der Waals surface area contributed by atoms with E-state index in [1.807, 2.05) is 6.07 Å². The van der Waals surface area contributed by atoms with E-state index in [0.29, 0.717) is 15.6 Å². The van der Waals surface area contributed by atoms with E-state index in [1.54, 1.807) is 32.0 Å². The maximum atomic E-state index is 12.3. The lowest BCUT2D eigenvalue weighted by molar-refractivity contribution is -0.139. The Morgan fingerprint density at radius 3 is 2.70 bits per heavy atom. The van der Waals surface area contributed by atoms with Gasteiger partial charge in [-0.1, -0.05) is 29.3 Å². The van der Waals surface area contributed by atoms with Gasteiger partial charge in [0.05, 0.1) is 28.1 Å². The summed E-state index contributed by atoms with van der Waals surface area (Å²) in [4.78, 5) is 12.3. The minimum absolute atomic E-state index is 0.0471. The Kier molecular flexibility index (Phi) is 5.19. The molecule has 1 heterocycles. The molecule has 0 amide bonds. The Morgan fingerprint density at radius 1 is 1.43 bits per heavy atom. The number of esters is 1. The van der Waals surface area contributed by atoms with Crippen LogP contribution in [0.1, 0.15) is 25.3 Å². The van der Waals surface area contributed by atoms with Crippen LogP contribution in [0.2, 0.25) is 10.0 Å². The maximum Gasteiger partial charge on any atom is 0.338 e.